The van der Waals surface area contributed by atoms with Gasteiger partial charge in [-0.15, -0.1) is 0 Å². The zero-order valence-corrected chi connectivity index (χ0v) is 10.5. The third-order valence-corrected chi connectivity index (χ3v) is 2.88. The minimum Gasteiger partial charge on any atom is -0.465 e. The number of carbonyl (C=O) groups is 1. The lowest BCUT2D eigenvalue weighted by molar-refractivity contribution is 0.0600. The van der Waals surface area contributed by atoms with E-state index in [0.29, 0.717) is 6.42 Å². The van der Waals surface area contributed by atoms with E-state index in [9.17, 15) is 15.0 Å². The van der Waals surface area contributed by atoms with Crippen LogP contribution in [0, 0.1) is 0 Å². The number of methoxy groups -OCH3 is 1. The first-order chi connectivity index (χ1) is 8.62. The molecular formula is C12H18N2O4. The molecule has 0 aliphatic heterocycles. The number of aliphatic hydroxyl groups excluding tert-OH is 2. The van der Waals surface area contributed by atoms with Gasteiger partial charge in [-0.25, -0.2) is 9.78 Å². The van der Waals surface area contributed by atoms with Gasteiger partial charge in [0.15, 0.2) is 0 Å². The van der Waals surface area contributed by atoms with Gasteiger partial charge in [-0.1, -0.05) is 6.92 Å². The van der Waals surface area contributed by atoms with Gasteiger partial charge in [-0.3, -0.25) is 0 Å². The van der Waals surface area contributed by atoms with E-state index >= 15 is 0 Å². The van der Waals surface area contributed by atoms with E-state index in [0.717, 1.165) is 0 Å². The van der Waals surface area contributed by atoms with E-state index in [1.165, 1.54) is 13.3 Å². The van der Waals surface area contributed by atoms with Crippen molar-refractivity contribution in [1.82, 2.24) is 4.98 Å². The largest absolute Gasteiger partial charge is 0.465 e. The highest BCUT2D eigenvalue weighted by Gasteiger charge is 2.28. The van der Waals surface area contributed by atoms with Crippen LogP contribution in [0.5, 0.6) is 0 Å². The number of pyridine rings is 1. The lowest BCUT2D eigenvalue weighted by Gasteiger charge is -2.30. The summed E-state index contributed by atoms with van der Waals surface area (Å²) in [6.07, 6.45) is 2.00. The van der Waals surface area contributed by atoms with Crippen LogP contribution in [0.4, 0.5) is 5.82 Å². The van der Waals surface area contributed by atoms with Crippen LogP contribution in [-0.2, 0) is 4.74 Å². The van der Waals surface area contributed by atoms with Crippen molar-refractivity contribution in [3.63, 3.8) is 0 Å². The molecule has 3 N–H and O–H groups in total. The number of aliphatic hydroxyl groups is 2. The van der Waals surface area contributed by atoms with E-state index in [4.69, 9.17) is 0 Å². The summed E-state index contributed by atoms with van der Waals surface area (Å²) in [4.78, 5) is 15.6. The van der Waals surface area contributed by atoms with Crippen LogP contribution in [0.15, 0.2) is 18.3 Å². The number of esters is 1. The molecule has 0 aliphatic carbocycles. The van der Waals surface area contributed by atoms with Crippen molar-refractivity contribution in [2.45, 2.75) is 18.9 Å². The molecule has 1 aromatic heterocycles. The maximum absolute atomic E-state index is 11.6. The Labute approximate surface area is 106 Å². The second kappa shape index (κ2) is 6.32. The van der Waals surface area contributed by atoms with E-state index < -0.39 is 11.5 Å². The Kier molecular flexibility index (Phi) is 5.06. The summed E-state index contributed by atoms with van der Waals surface area (Å²) in [5, 5.41) is 21.6. The van der Waals surface area contributed by atoms with Crippen LogP contribution in [0.25, 0.3) is 0 Å². The fraction of sp³-hybridized carbons (Fsp3) is 0.500. The molecular weight excluding hydrogens is 236 g/mol. The predicted molar refractivity (Wildman–Crippen MR) is 66.4 cm³/mol. The molecule has 0 unspecified atom stereocenters. The van der Waals surface area contributed by atoms with Crippen molar-refractivity contribution in [2.75, 3.05) is 25.6 Å². The molecule has 1 rings (SSSR count). The van der Waals surface area contributed by atoms with Crippen LogP contribution in [0.2, 0.25) is 0 Å². The molecule has 6 nitrogen and oxygen atoms in total. The summed E-state index contributed by atoms with van der Waals surface area (Å²) < 4.78 is 4.65. The van der Waals surface area contributed by atoms with Gasteiger partial charge in [0.25, 0.3) is 0 Å². The van der Waals surface area contributed by atoms with Gasteiger partial charge in [-0.2, -0.15) is 0 Å². The smallest absolute Gasteiger partial charge is 0.341 e. The molecule has 0 amide bonds. The fourth-order valence-corrected chi connectivity index (χ4v) is 1.47. The second-order valence-corrected chi connectivity index (χ2v) is 3.97. The molecule has 0 spiro atoms. The second-order valence-electron chi connectivity index (χ2n) is 3.97. The number of aromatic nitrogens is 1. The van der Waals surface area contributed by atoms with Gasteiger partial charge in [-0.05, 0) is 18.6 Å². The van der Waals surface area contributed by atoms with Crippen LogP contribution < -0.4 is 5.32 Å². The van der Waals surface area contributed by atoms with E-state index in [2.05, 4.69) is 15.0 Å². The van der Waals surface area contributed by atoms with Gasteiger partial charge in [0.05, 0.1) is 25.9 Å². The molecule has 6 heteroatoms. The van der Waals surface area contributed by atoms with Crippen molar-refractivity contribution >= 4 is 11.8 Å². The molecule has 0 aromatic carbocycles. The lowest BCUT2D eigenvalue weighted by atomic mass is 9.98. The average Bonchev–Trinajstić information content (AvgIpc) is 2.44. The number of ether oxygens (including phenoxy) is 1. The summed E-state index contributed by atoms with van der Waals surface area (Å²) >= 11 is 0. The van der Waals surface area contributed by atoms with Gasteiger partial charge < -0.3 is 20.3 Å². The number of hydrogen-bond acceptors (Lipinski definition) is 6. The van der Waals surface area contributed by atoms with Crippen LogP contribution in [0.3, 0.4) is 0 Å². The monoisotopic (exact) mass is 254 g/mol. The molecule has 0 aliphatic rings. The maximum Gasteiger partial charge on any atom is 0.341 e. The zero-order valence-electron chi connectivity index (χ0n) is 10.5. The van der Waals surface area contributed by atoms with Gasteiger partial charge in [0.2, 0.25) is 0 Å². The highest BCUT2D eigenvalue weighted by Crippen LogP contribution is 2.20. The summed E-state index contributed by atoms with van der Waals surface area (Å²) in [5.74, 6) is -0.235. The number of nitrogens with zero attached hydrogens (tertiary/aromatic N) is 1. The van der Waals surface area contributed by atoms with Crippen molar-refractivity contribution in [3.8, 4) is 0 Å². The minimum absolute atomic E-state index is 0.264. The maximum atomic E-state index is 11.6. The molecule has 0 bridgehead atoms. The fourth-order valence-electron chi connectivity index (χ4n) is 1.47. The zero-order chi connectivity index (χ0) is 13.6. The topological polar surface area (TPSA) is 91.7 Å². The number of hydrogen-bond donors (Lipinski definition) is 3. The molecule has 0 fully saturated rings. The summed E-state index contributed by atoms with van der Waals surface area (Å²) in [5.41, 5.74) is -0.642. The molecule has 0 radical (unpaired) electrons. The van der Waals surface area contributed by atoms with Gasteiger partial charge >= 0.3 is 5.97 Å². The quantitative estimate of drug-likeness (QED) is 0.637. The Morgan fingerprint density at radius 2 is 2.17 bits per heavy atom. The molecule has 1 aromatic rings. The third kappa shape index (κ3) is 2.96. The molecule has 100 valence electrons. The standard InChI is InChI=1S/C12H18N2O4/c1-3-12(7-15,8-16)14-10-9(11(17)18-2)5-4-6-13-10/h4-6,15-16H,3,7-8H2,1-2H3,(H,13,14). The lowest BCUT2D eigenvalue weighted by Crippen LogP contribution is -2.45. The third-order valence-electron chi connectivity index (χ3n) is 2.88. The normalized spacial score (nSPS) is 11.1. The predicted octanol–water partition coefficient (Wildman–Crippen LogP) is 0.413. The van der Waals surface area contributed by atoms with E-state index in [1.807, 2.05) is 6.92 Å². The highest BCUT2D eigenvalue weighted by molar-refractivity contribution is 5.94. The number of carbonyl (C=O) groups excluding carboxylic acids is 1. The SMILES string of the molecule is CCC(CO)(CO)Nc1ncccc1C(=O)OC. The van der Waals surface area contributed by atoms with Gasteiger partial charge in [0.1, 0.15) is 11.4 Å². The van der Waals surface area contributed by atoms with Crippen molar-refractivity contribution in [3.05, 3.63) is 23.9 Å². The number of rotatable bonds is 6. The van der Waals surface area contributed by atoms with Crippen LogP contribution in [-0.4, -0.2) is 47.0 Å². The van der Waals surface area contributed by atoms with Crippen LogP contribution in [0.1, 0.15) is 23.7 Å². The van der Waals surface area contributed by atoms with E-state index in [-0.39, 0.29) is 24.6 Å². The average molecular weight is 254 g/mol. The van der Waals surface area contributed by atoms with Crippen LogP contribution >= 0.6 is 0 Å². The van der Waals surface area contributed by atoms with Gasteiger partial charge in [0, 0.05) is 6.20 Å². The summed E-state index contributed by atoms with van der Waals surface area (Å²) in [6.45, 7) is 1.29. The Hall–Kier alpha value is -1.66. The first-order valence-electron chi connectivity index (χ1n) is 5.65. The highest BCUT2D eigenvalue weighted by atomic mass is 16.5. The molecule has 1 heterocycles. The first kappa shape index (κ1) is 14.4. The Bertz CT molecular complexity index is 397. The molecule has 0 saturated carbocycles. The number of nitrogens with one attached hydrogen (secondary N) is 1. The van der Waals surface area contributed by atoms with Crippen molar-refractivity contribution < 1.29 is 19.7 Å². The molecule has 0 saturated heterocycles. The first-order valence-corrected chi connectivity index (χ1v) is 5.65. The summed E-state index contributed by atoms with van der Waals surface area (Å²) in [6, 6.07) is 3.18. The van der Waals surface area contributed by atoms with E-state index in [1.54, 1.807) is 12.1 Å². The van der Waals surface area contributed by atoms with Crippen molar-refractivity contribution in [1.29, 1.82) is 0 Å². The number of anilines is 1. The minimum atomic E-state index is -0.906. The molecule has 0 atom stereocenters. The Morgan fingerprint density at radius 3 is 2.67 bits per heavy atom. The Morgan fingerprint density at radius 1 is 1.50 bits per heavy atom. The molecule has 18 heavy (non-hydrogen) atoms. The summed E-state index contributed by atoms with van der Waals surface area (Å²) in [7, 11) is 1.28. The van der Waals surface area contributed by atoms with Crippen molar-refractivity contribution in [2.24, 2.45) is 0 Å². The Balaban J connectivity index is 3.06.